The number of aryl methyl sites for hydroxylation is 1. The van der Waals surface area contributed by atoms with E-state index in [4.69, 9.17) is 4.84 Å². The Balaban J connectivity index is 1.62. The van der Waals surface area contributed by atoms with Gasteiger partial charge in [-0.3, -0.25) is 10.1 Å². The third-order valence-corrected chi connectivity index (χ3v) is 4.04. The van der Waals surface area contributed by atoms with Crippen molar-refractivity contribution in [2.24, 2.45) is 5.16 Å². The number of benzene rings is 1. The lowest BCUT2D eigenvalue weighted by atomic mass is 10.0. The molecule has 0 bridgehead atoms. The molecule has 1 aromatic carbocycles. The molecule has 5 nitrogen and oxygen atoms in total. The third-order valence-electron chi connectivity index (χ3n) is 3.24. The first kappa shape index (κ1) is 13.8. The lowest BCUT2D eigenvalue weighted by Gasteiger charge is -2.07. The molecule has 0 saturated heterocycles. The van der Waals surface area contributed by atoms with Gasteiger partial charge in [-0.2, -0.15) is 0 Å². The fourth-order valence-electron chi connectivity index (χ4n) is 2.05. The summed E-state index contributed by atoms with van der Waals surface area (Å²) in [6.07, 6.45) is 1.14. The lowest BCUT2D eigenvalue weighted by molar-refractivity contribution is -0.110. The third kappa shape index (κ3) is 3.11. The van der Waals surface area contributed by atoms with E-state index in [-0.39, 0.29) is 12.0 Å². The molecule has 2 heterocycles. The minimum absolute atomic E-state index is 0.186. The van der Waals surface area contributed by atoms with Crippen LogP contribution in [0.5, 0.6) is 0 Å². The molecule has 1 N–H and O–H groups in total. The number of anilines is 1. The second kappa shape index (κ2) is 6.05. The molecule has 6 heteroatoms. The van der Waals surface area contributed by atoms with Crippen molar-refractivity contribution in [3.63, 3.8) is 0 Å². The molecule has 1 aliphatic heterocycles. The summed E-state index contributed by atoms with van der Waals surface area (Å²) < 4.78 is 0. The van der Waals surface area contributed by atoms with E-state index in [1.165, 1.54) is 11.3 Å². The molecule has 2 aromatic rings. The van der Waals surface area contributed by atoms with Gasteiger partial charge in [-0.15, -0.1) is 11.3 Å². The standard InChI is InChI=1S/C15H15N3O2S/c1-2-11-9-21-15(16-11)17-14(19)12-8-13(20-18-12)10-6-4-3-5-7-10/h3-7,9,13H,2,8H2,1H3,(H,16,17,19). The van der Waals surface area contributed by atoms with Crippen LogP contribution in [0.25, 0.3) is 0 Å². The maximum Gasteiger partial charge on any atom is 0.275 e. The Bertz CT molecular complexity index is 667. The molecule has 0 radical (unpaired) electrons. The molecule has 0 fully saturated rings. The van der Waals surface area contributed by atoms with Gasteiger partial charge in [-0.25, -0.2) is 4.98 Å². The molecule has 1 atom stereocenters. The Hall–Kier alpha value is -2.21. The number of hydrogen-bond donors (Lipinski definition) is 1. The zero-order valence-corrected chi connectivity index (χ0v) is 12.4. The van der Waals surface area contributed by atoms with E-state index in [0.29, 0.717) is 17.3 Å². The minimum atomic E-state index is -0.245. The number of nitrogens with zero attached hydrogens (tertiary/aromatic N) is 2. The molecule has 0 saturated carbocycles. The molecule has 3 rings (SSSR count). The van der Waals surface area contributed by atoms with E-state index in [1.54, 1.807) is 0 Å². The van der Waals surface area contributed by atoms with Crippen LogP contribution in [-0.4, -0.2) is 16.6 Å². The maximum atomic E-state index is 12.1. The topological polar surface area (TPSA) is 63.6 Å². The number of rotatable bonds is 4. The smallest absolute Gasteiger partial charge is 0.275 e. The number of carbonyl (C=O) groups is 1. The van der Waals surface area contributed by atoms with Gasteiger partial charge >= 0.3 is 0 Å². The number of thiazole rings is 1. The predicted molar refractivity (Wildman–Crippen MR) is 82.4 cm³/mol. The van der Waals surface area contributed by atoms with Crippen molar-refractivity contribution in [2.75, 3.05) is 5.32 Å². The van der Waals surface area contributed by atoms with Crippen molar-refractivity contribution in [3.8, 4) is 0 Å². The molecule has 108 valence electrons. The summed E-state index contributed by atoms with van der Waals surface area (Å²) in [5.41, 5.74) is 2.39. The van der Waals surface area contributed by atoms with E-state index >= 15 is 0 Å². The summed E-state index contributed by atoms with van der Waals surface area (Å²) >= 11 is 1.42. The van der Waals surface area contributed by atoms with Gasteiger partial charge in [0.15, 0.2) is 11.2 Å². The molecular formula is C15H15N3O2S. The lowest BCUT2D eigenvalue weighted by Crippen LogP contribution is -2.21. The van der Waals surface area contributed by atoms with E-state index in [0.717, 1.165) is 17.7 Å². The van der Waals surface area contributed by atoms with Crippen molar-refractivity contribution < 1.29 is 9.63 Å². The van der Waals surface area contributed by atoms with Gasteiger partial charge in [0.1, 0.15) is 5.71 Å². The zero-order chi connectivity index (χ0) is 14.7. The van der Waals surface area contributed by atoms with Crippen LogP contribution >= 0.6 is 11.3 Å². The monoisotopic (exact) mass is 301 g/mol. The summed E-state index contributed by atoms with van der Waals surface area (Å²) in [6.45, 7) is 2.03. The molecule has 0 aliphatic carbocycles. The predicted octanol–water partition coefficient (Wildman–Crippen LogP) is 3.16. The van der Waals surface area contributed by atoms with Crippen molar-refractivity contribution in [1.82, 2.24) is 4.98 Å². The molecule has 1 aromatic heterocycles. The number of oxime groups is 1. The number of nitrogens with one attached hydrogen (secondary N) is 1. The van der Waals surface area contributed by atoms with Gasteiger partial charge in [-0.1, -0.05) is 42.4 Å². The second-order valence-corrected chi connectivity index (χ2v) is 5.56. The van der Waals surface area contributed by atoms with Crippen molar-refractivity contribution in [2.45, 2.75) is 25.9 Å². The van der Waals surface area contributed by atoms with Crippen LogP contribution in [0.1, 0.15) is 30.7 Å². The van der Waals surface area contributed by atoms with Crippen LogP contribution in [-0.2, 0) is 16.1 Å². The summed E-state index contributed by atoms with van der Waals surface area (Å²) in [4.78, 5) is 21.8. The van der Waals surface area contributed by atoms with Crippen LogP contribution in [0.2, 0.25) is 0 Å². The quantitative estimate of drug-likeness (QED) is 0.943. The summed E-state index contributed by atoms with van der Waals surface area (Å²) in [5.74, 6) is -0.245. The highest BCUT2D eigenvalue weighted by Gasteiger charge is 2.27. The van der Waals surface area contributed by atoms with E-state index < -0.39 is 0 Å². The molecular weight excluding hydrogens is 286 g/mol. The van der Waals surface area contributed by atoms with Crippen molar-refractivity contribution >= 4 is 28.1 Å². The average Bonchev–Trinajstić information content (AvgIpc) is 3.17. The van der Waals surface area contributed by atoms with Crippen LogP contribution in [0.4, 0.5) is 5.13 Å². The first-order valence-corrected chi connectivity index (χ1v) is 7.67. The Morgan fingerprint density at radius 3 is 2.95 bits per heavy atom. The highest BCUT2D eigenvalue weighted by molar-refractivity contribution is 7.14. The Morgan fingerprint density at radius 2 is 2.24 bits per heavy atom. The summed E-state index contributed by atoms with van der Waals surface area (Å²) in [6, 6.07) is 9.77. The van der Waals surface area contributed by atoms with E-state index in [1.807, 2.05) is 42.6 Å². The number of carbonyl (C=O) groups excluding carboxylic acids is 1. The number of aromatic nitrogens is 1. The summed E-state index contributed by atoms with van der Waals surface area (Å²) in [5, 5.41) is 9.21. The largest absolute Gasteiger partial charge is 0.387 e. The van der Waals surface area contributed by atoms with Crippen molar-refractivity contribution in [3.05, 3.63) is 47.0 Å². The van der Waals surface area contributed by atoms with Gasteiger partial charge in [0, 0.05) is 11.8 Å². The van der Waals surface area contributed by atoms with Crippen LogP contribution in [0, 0.1) is 0 Å². The van der Waals surface area contributed by atoms with Gasteiger partial charge in [0.25, 0.3) is 5.91 Å². The molecule has 1 unspecified atom stereocenters. The molecule has 21 heavy (non-hydrogen) atoms. The summed E-state index contributed by atoms with van der Waals surface area (Å²) in [7, 11) is 0. The first-order valence-electron chi connectivity index (χ1n) is 6.79. The highest BCUT2D eigenvalue weighted by atomic mass is 32.1. The van der Waals surface area contributed by atoms with Crippen LogP contribution in [0.3, 0.4) is 0 Å². The first-order chi connectivity index (χ1) is 10.3. The number of amides is 1. The Morgan fingerprint density at radius 1 is 1.43 bits per heavy atom. The highest BCUT2D eigenvalue weighted by Crippen LogP contribution is 2.27. The fourth-order valence-corrected chi connectivity index (χ4v) is 2.84. The number of hydrogen-bond acceptors (Lipinski definition) is 5. The SMILES string of the molecule is CCc1csc(NC(=O)C2=NOC(c3ccccc3)C2)n1. The van der Waals surface area contributed by atoms with Crippen LogP contribution < -0.4 is 5.32 Å². The zero-order valence-electron chi connectivity index (χ0n) is 11.6. The molecule has 1 amide bonds. The fraction of sp³-hybridized carbons (Fsp3) is 0.267. The average molecular weight is 301 g/mol. The Labute approximate surface area is 126 Å². The Kier molecular flexibility index (Phi) is 3.96. The molecule has 1 aliphatic rings. The van der Waals surface area contributed by atoms with Crippen molar-refractivity contribution in [1.29, 1.82) is 0 Å². The minimum Gasteiger partial charge on any atom is -0.387 e. The van der Waals surface area contributed by atoms with Gasteiger partial charge in [-0.05, 0) is 12.0 Å². The normalized spacial score (nSPS) is 17.2. The van der Waals surface area contributed by atoms with E-state index in [2.05, 4.69) is 15.5 Å². The second-order valence-electron chi connectivity index (χ2n) is 4.70. The van der Waals surface area contributed by atoms with E-state index in [9.17, 15) is 4.79 Å². The van der Waals surface area contributed by atoms with Gasteiger partial charge < -0.3 is 4.84 Å². The van der Waals surface area contributed by atoms with Gasteiger partial charge in [0.05, 0.1) is 5.69 Å². The maximum absolute atomic E-state index is 12.1. The van der Waals surface area contributed by atoms with Crippen LogP contribution in [0.15, 0.2) is 40.9 Å². The molecule has 0 spiro atoms. The van der Waals surface area contributed by atoms with Gasteiger partial charge in [0.2, 0.25) is 0 Å².